The van der Waals surface area contributed by atoms with Gasteiger partial charge in [-0.15, -0.1) is 0 Å². The van der Waals surface area contributed by atoms with Crippen LogP contribution in [0.1, 0.15) is 12.6 Å². The van der Waals surface area contributed by atoms with E-state index in [1.807, 2.05) is 0 Å². The van der Waals surface area contributed by atoms with Crippen LogP contribution in [-0.4, -0.2) is 33.1 Å². The van der Waals surface area contributed by atoms with Gasteiger partial charge in [0.05, 0.1) is 6.10 Å². The van der Waals surface area contributed by atoms with E-state index in [1.54, 1.807) is 0 Å². The Morgan fingerprint density at radius 2 is 2.10 bits per heavy atom. The summed E-state index contributed by atoms with van der Waals surface area (Å²) in [5, 5.41) is 9.55. The molecule has 0 unspecified atom stereocenters. The summed E-state index contributed by atoms with van der Waals surface area (Å²) in [7, 11) is 0.969. The second-order valence-electron chi connectivity index (χ2n) is 4.33. The highest BCUT2D eigenvalue weighted by atomic mass is 19.3. The van der Waals surface area contributed by atoms with Crippen LogP contribution in [0.5, 0.6) is 0 Å². The first-order valence-electron chi connectivity index (χ1n) is 5.62. The van der Waals surface area contributed by atoms with Crippen LogP contribution in [-0.2, 0) is 16.7 Å². The minimum atomic E-state index is -1.74. The third-order valence-corrected chi connectivity index (χ3v) is 3.10. The lowest BCUT2D eigenvalue weighted by molar-refractivity contribution is -0.177. The number of rotatable bonds is 3. The predicted molar refractivity (Wildman–Crippen MR) is 57.5 cm³/mol. The Labute approximate surface area is 109 Å². The molecule has 3 atom stereocenters. The van der Waals surface area contributed by atoms with Crippen LogP contribution in [0.3, 0.4) is 0 Å². The zero-order valence-corrected chi connectivity index (χ0v) is 10.3. The molecule has 10 heteroatoms. The smallest absolute Gasteiger partial charge is 0.335 e. The zero-order valence-electron chi connectivity index (χ0n) is 10.3. The molecule has 1 aromatic rings. The summed E-state index contributed by atoms with van der Waals surface area (Å²) in [5.41, 5.74) is -2.56. The summed E-state index contributed by atoms with van der Waals surface area (Å²) in [5.74, 6) is -3.44. The molecule has 0 amide bonds. The van der Waals surface area contributed by atoms with Crippen molar-refractivity contribution in [2.45, 2.75) is 24.9 Å². The van der Waals surface area contributed by atoms with Gasteiger partial charge in [-0.2, -0.15) is 13.7 Å². The van der Waals surface area contributed by atoms with E-state index in [-0.39, 0.29) is 11.0 Å². The second kappa shape index (κ2) is 5.38. The number of ether oxygens (including phenoxy) is 1. The van der Waals surface area contributed by atoms with Gasteiger partial charge in [0.1, 0.15) is 18.9 Å². The fraction of sp³-hybridized carbons (Fsp3) is 0.600. The van der Waals surface area contributed by atoms with Gasteiger partial charge in [-0.25, -0.2) is 9.36 Å². The van der Waals surface area contributed by atoms with Crippen LogP contribution in [0.15, 0.2) is 9.59 Å². The number of halogens is 3. The third kappa shape index (κ3) is 2.25. The molecular weight excluding hydrogens is 285 g/mol. The van der Waals surface area contributed by atoms with E-state index in [0.717, 1.165) is 7.05 Å². The Morgan fingerprint density at radius 1 is 1.45 bits per heavy atom. The highest BCUT2D eigenvalue weighted by molar-refractivity contribution is 4.95. The topological polar surface area (TPSA) is 82.7 Å². The molecule has 1 aromatic heterocycles. The van der Waals surface area contributed by atoms with Crippen molar-refractivity contribution < 1.29 is 28.1 Å². The quantitative estimate of drug-likeness (QED) is 0.751. The first-order valence-corrected chi connectivity index (χ1v) is 5.62. The van der Waals surface area contributed by atoms with Crippen LogP contribution < -0.4 is 11.2 Å². The second-order valence-corrected chi connectivity index (χ2v) is 4.33. The van der Waals surface area contributed by atoms with E-state index in [1.165, 1.54) is 0 Å². The minimum Gasteiger partial charge on any atom is -0.390 e. The van der Waals surface area contributed by atoms with Gasteiger partial charge in [-0.05, 0) is 4.53 Å². The van der Waals surface area contributed by atoms with Crippen molar-refractivity contribution in [3.63, 3.8) is 0 Å². The maximum absolute atomic E-state index is 13.7. The molecule has 1 N–H and O–H groups in total. The summed E-state index contributed by atoms with van der Waals surface area (Å²) in [6.45, 7) is -0.623. The number of aliphatic hydroxyl groups excluding tert-OH is 1. The van der Waals surface area contributed by atoms with E-state index in [2.05, 4.69) is 4.94 Å². The molecule has 2 rings (SSSR count). The van der Waals surface area contributed by atoms with Crippen LogP contribution >= 0.6 is 0 Å². The van der Waals surface area contributed by atoms with Crippen molar-refractivity contribution in [2.75, 3.05) is 6.61 Å². The summed E-state index contributed by atoms with van der Waals surface area (Å²) >= 11 is 0. The molecule has 0 saturated carbocycles. The van der Waals surface area contributed by atoms with Crippen LogP contribution in [0.2, 0.25) is 0 Å². The highest BCUT2D eigenvalue weighted by Gasteiger charge is 2.38. The predicted octanol–water partition coefficient (Wildman–Crippen LogP) is -0.625. The lowest BCUT2D eigenvalue weighted by Gasteiger charge is -2.16. The Hall–Kier alpha value is -1.65. The van der Waals surface area contributed by atoms with Gasteiger partial charge in [-0.3, -0.25) is 9.36 Å². The minimum absolute atomic E-state index is 0.262. The fourth-order valence-electron chi connectivity index (χ4n) is 2.01. The molecule has 0 spiro atoms. The van der Waals surface area contributed by atoms with Gasteiger partial charge in [0.2, 0.25) is 11.8 Å². The van der Waals surface area contributed by atoms with Gasteiger partial charge in [0.25, 0.3) is 5.56 Å². The average molecular weight is 296 g/mol. The summed E-state index contributed by atoms with van der Waals surface area (Å²) in [6.07, 6.45) is -3.99. The largest absolute Gasteiger partial charge is 0.390 e. The Balaban J connectivity index is 2.45. The van der Waals surface area contributed by atoms with Crippen molar-refractivity contribution in [2.24, 2.45) is 7.05 Å². The molecule has 20 heavy (non-hydrogen) atoms. The van der Waals surface area contributed by atoms with E-state index in [9.17, 15) is 28.0 Å². The SMILES string of the molecule is Cn1c(=O)c(F)c(F)n([C@H]2C[C@H](O)[C@@H](COF)O2)c1=O. The molecule has 1 aliphatic rings. The van der Waals surface area contributed by atoms with Gasteiger partial charge in [-0.1, -0.05) is 0 Å². The zero-order chi connectivity index (χ0) is 15.0. The van der Waals surface area contributed by atoms with E-state index < -0.39 is 48.1 Å². The monoisotopic (exact) mass is 296 g/mol. The number of aromatic nitrogens is 2. The number of hydrogen-bond acceptors (Lipinski definition) is 5. The van der Waals surface area contributed by atoms with E-state index >= 15 is 0 Å². The van der Waals surface area contributed by atoms with Crippen LogP contribution in [0, 0.1) is 11.8 Å². The van der Waals surface area contributed by atoms with Gasteiger partial charge >= 0.3 is 5.69 Å². The average Bonchev–Trinajstić information content (AvgIpc) is 2.76. The highest BCUT2D eigenvalue weighted by Crippen LogP contribution is 2.28. The van der Waals surface area contributed by atoms with E-state index in [0.29, 0.717) is 4.57 Å². The van der Waals surface area contributed by atoms with Crippen molar-refractivity contribution >= 4 is 0 Å². The number of hydrogen-bond donors (Lipinski definition) is 1. The van der Waals surface area contributed by atoms with Crippen molar-refractivity contribution in [1.82, 2.24) is 9.13 Å². The number of nitrogens with zero attached hydrogens (tertiary/aromatic N) is 2. The number of aliphatic hydroxyl groups is 1. The summed E-state index contributed by atoms with van der Waals surface area (Å²) in [6, 6.07) is 0. The molecule has 0 bridgehead atoms. The summed E-state index contributed by atoms with van der Waals surface area (Å²) < 4.78 is 44.5. The molecule has 2 heterocycles. The molecule has 1 fully saturated rings. The molecule has 0 radical (unpaired) electrons. The van der Waals surface area contributed by atoms with Crippen LogP contribution in [0.25, 0.3) is 0 Å². The molecule has 0 aromatic carbocycles. The Morgan fingerprint density at radius 3 is 2.70 bits per heavy atom. The first-order chi connectivity index (χ1) is 9.38. The lowest BCUT2D eigenvalue weighted by atomic mass is 10.2. The van der Waals surface area contributed by atoms with E-state index in [4.69, 9.17) is 4.74 Å². The standard InChI is InChI=1S/C10H11F3N2O5/c1-14-9(17)7(11)8(12)15(10(14)18)6-2-4(16)5(20-6)3-19-13/h4-6,16H,2-3H2,1H3/t4-,5+,6+/m0/s1. The maximum Gasteiger partial charge on any atom is 0.335 e. The Bertz CT molecular complexity index is 629. The molecule has 1 aliphatic heterocycles. The Kier molecular flexibility index (Phi) is 3.97. The van der Waals surface area contributed by atoms with Crippen molar-refractivity contribution in [3.05, 3.63) is 32.6 Å². The molecule has 0 aliphatic carbocycles. The van der Waals surface area contributed by atoms with Crippen molar-refractivity contribution in [3.8, 4) is 0 Å². The van der Waals surface area contributed by atoms with Crippen LogP contribution in [0.4, 0.5) is 13.3 Å². The maximum atomic E-state index is 13.7. The van der Waals surface area contributed by atoms with Gasteiger partial charge in [0, 0.05) is 13.5 Å². The fourth-order valence-corrected chi connectivity index (χ4v) is 2.01. The molecular formula is C10H11F3N2O5. The third-order valence-electron chi connectivity index (χ3n) is 3.10. The normalized spacial score (nSPS) is 26.1. The lowest BCUT2D eigenvalue weighted by Crippen LogP contribution is -2.43. The van der Waals surface area contributed by atoms with Crippen molar-refractivity contribution in [1.29, 1.82) is 0 Å². The summed E-state index contributed by atoms with van der Waals surface area (Å²) in [4.78, 5) is 26.3. The molecule has 1 saturated heterocycles. The molecule has 7 nitrogen and oxygen atoms in total. The molecule has 112 valence electrons. The first kappa shape index (κ1) is 14.8. The van der Waals surface area contributed by atoms with Gasteiger partial charge in [0.15, 0.2) is 0 Å². The van der Waals surface area contributed by atoms with Gasteiger partial charge < -0.3 is 9.84 Å².